The van der Waals surface area contributed by atoms with Crippen LogP contribution in [0.1, 0.15) is 43.0 Å². The van der Waals surface area contributed by atoms with E-state index in [4.69, 9.17) is 0 Å². The van der Waals surface area contributed by atoms with E-state index in [1.54, 1.807) is 6.07 Å². The van der Waals surface area contributed by atoms with Crippen molar-refractivity contribution in [1.82, 2.24) is 5.32 Å². The predicted molar refractivity (Wildman–Crippen MR) is 64.1 cm³/mol. The third-order valence-electron chi connectivity index (χ3n) is 3.38. The number of phenolic OH excluding ortho intramolecular Hbond substituents is 2. The number of amides is 1. The Morgan fingerprint density at radius 2 is 1.94 bits per heavy atom. The van der Waals surface area contributed by atoms with Gasteiger partial charge < -0.3 is 15.5 Å². The van der Waals surface area contributed by atoms with Gasteiger partial charge in [-0.15, -0.1) is 0 Å². The molecule has 4 heteroatoms. The van der Waals surface area contributed by atoms with Crippen LogP contribution in [0.25, 0.3) is 0 Å². The Morgan fingerprint density at radius 1 is 1.29 bits per heavy atom. The van der Waals surface area contributed by atoms with Gasteiger partial charge in [-0.05, 0) is 31.9 Å². The summed E-state index contributed by atoms with van der Waals surface area (Å²) in [6.07, 6.45) is 4.14. The molecule has 0 aromatic heterocycles. The third-order valence-corrected chi connectivity index (χ3v) is 3.38. The summed E-state index contributed by atoms with van der Waals surface area (Å²) < 4.78 is 0. The number of aromatic hydroxyl groups is 2. The summed E-state index contributed by atoms with van der Waals surface area (Å²) in [7, 11) is 0. The molecule has 4 nitrogen and oxygen atoms in total. The average molecular weight is 235 g/mol. The summed E-state index contributed by atoms with van der Waals surface area (Å²) >= 11 is 0. The summed E-state index contributed by atoms with van der Waals surface area (Å²) in [5.74, 6) is -0.955. The van der Waals surface area contributed by atoms with Gasteiger partial charge in [0.2, 0.25) is 0 Å². The van der Waals surface area contributed by atoms with E-state index in [-0.39, 0.29) is 28.5 Å². The first kappa shape index (κ1) is 11.8. The maximum absolute atomic E-state index is 12.0. The van der Waals surface area contributed by atoms with Crippen LogP contribution < -0.4 is 5.32 Å². The van der Waals surface area contributed by atoms with E-state index in [0.717, 1.165) is 25.7 Å². The maximum Gasteiger partial charge on any atom is 0.255 e. The summed E-state index contributed by atoms with van der Waals surface area (Å²) in [6.45, 7) is 2.01. The summed E-state index contributed by atoms with van der Waals surface area (Å²) in [4.78, 5) is 12.0. The molecule has 1 saturated carbocycles. The highest BCUT2D eigenvalue weighted by molar-refractivity contribution is 5.98. The molecule has 2 rings (SSSR count). The minimum Gasteiger partial charge on any atom is -0.504 e. The molecule has 1 amide bonds. The zero-order chi connectivity index (χ0) is 12.5. The molecule has 0 radical (unpaired) electrons. The second-order valence-corrected chi connectivity index (χ2v) is 4.90. The van der Waals surface area contributed by atoms with Gasteiger partial charge in [-0.1, -0.05) is 18.9 Å². The Bertz CT molecular complexity index is 436. The quantitative estimate of drug-likeness (QED) is 0.688. The molecule has 1 aromatic carbocycles. The largest absolute Gasteiger partial charge is 0.504 e. The number of rotatable bonds is 2. The molecule has 0 bridgehead atoms. The normalized spacial score (nSPS) is 17.9. The van der Waals surface area contributed by atoms with E-state index in [1.807, 2.05) is 6.92 Å². The standard InChI is InChI=1S/C13H17NO3/c1-13(7-2-3-8-13)14-12(17)9-5-4-6-10(15)11(9)16/h4-6,15-16H,2-3,7-8H2,1H3,(H,14,17). The van der Waals surface area contributed by atoms with Crippen LogP contribution in [0.5, 0.6) is 11.5 Å². The lowest BCUT2D eigenvalue weighted by molar-refractivity contribution is 0.0904. The van der Waals surface area contributed by atoms with Crippen LogP contribution in [0.3, 0.4) is 0 Å². The Kier molecular flexibility index (Phi) is 2.96. The fraction of sp³-hybridized carbons (Fsp3) is 0.462. The number of carbonyl (C=O) groups excluding carboxylic acids is 1. The van der Waals surface area contributed by atoms with Crippen molar-refractivity contribution in [2.45, 2.75) is 38.1 Å². The van der Waals surface area contributed by atoms with Gasteiger partial charge in [0.25, 0.3) is 5.91 Å². The molecule has 0 saturated heterocycles. The second-order valence-electron chi connectivity index (χ2n) is 4.90. The van der Waals surface area contributed by atoms with Crippen LogP contribution in [0.2, 0.25) is 0 Å². The highest BCUT2D eigenvalue weighted by Gasteiger charge is 2.31. The molecule has 0 aliphatic heterocycles. The van der Waals surface area contributed by atoms with E-state index >= 15 is 0 Å². The van der Waals surface area contributed by atoms with Crippen molar-refractivity contribution < 1.29 is 15.0 Å². The molecular formula is C13H17NO3. The second kappa shape index (κ2) is 4.28. The van der Waals surface area contributed by atoms with E-state index < -0.39 is 0 Å². The first-order chi connectivity index (χ1) is 8.02. The lowest BCUT2D eigenvalue weighted by Gasteiger charge is -2.25. The molecule has 1 aliphatic rings. The smallest absolute Gasteiger partial charge is 0.255 e. The Labute approximate surface area is 100 Å². The van der Waals surface area contributed by atoms with Crippen molar-refractivity contribution in [3.05, 3.63) is 23.8 Å². The van der Waals surface area contributed by atoms with Crippen LogP contribution in [0, 0.1) is 0 Å². The van der Waals surface area contributed by atoms with E-state index in [1.165, 1.54) is 12.1 Å². The van der Waals surface area contributed by atoms with Gasteiger partial charge in [0.15, 0.2) is 11.5 Å². The highest BCUT2D eigenvalue weighted by Crippen LogP contribution is 2.31. The van der Waals surface area contributed by atoms with Crippen LogP contribution in [0.4, 0.5) is 0 Å². The number of carbonyl (C=O) groups is 1. The Hall–Kier alpha value is -1.71. The number of benzene rings is 1. The Balaban J connectivity index is 2.17. The van der Waals surface area contributed by atoms with Crippen molar-refractivity contribution in [3.8, 4) is 11.5 Å². The minimum absolute atomic E-state index is 0.123. The number of para-hydroxylation sites is 1. The van der Waals surface area contributed by atoms with Crippen molar-refractivity contribution in [1.29, 1.82) is 0 Å². The molecule has 0 heterocycles. The van der Waals surface area contributed by atoms with Crippen LogP contribution in [-0.2, 0) is 0 Å². The molecule has 92 valence electrons. The van der Waals surface area contributed by atoms with Gasteiger partial charge in [-0.2, -0.15) is 0 Å². The summed E-state index contributed by atoms with van der Waals surface area (Å²) in [6, 6.07) is 4.40. The maximum atomic E-state index is 12.0. The zero-order valence-corrected chi connectivity index (χ0v) is 9.86. The lowest BCUT2D eigenvalue weighted by atomic mass is 10.00. The first-order valence-electron chi connectivity index (χ1n) is 5.85. The molecule has 17 heavy (non-hydrogen) atoms. The van der Waals surface area contributed by atoms with Crippen molar-refractivity contribution in [2.75, 3.05) is 0 Å². The molecule has 3 N–H and O–H groups in total. The fourth-order valence-corrected chi connectivity index (χ4v) is 2.34. The van der Waals surface area contributed by atoms with Crippen LogP contribution in [0.15, 0.2) is 18.2 Å². The number of hydrogen-bond donors (Lipinski definition) is 3. The summed E-state index contributed by atoms with van der Waals surface area (Å²) in [5, 5.41) is 21.9. The number of phenols is 2. The third kappa shape index (κ3) is 2.35. The molecule has 1 aliphatic carbocycles. The van der Waals surface area contributed by atoms with Crippen molar-refractivity contribution >= 4 is 5.91 Å². The molecule has 1 fully saturated rings. The molecule has 1 aromatic rings. The zero-order valence-electron chi connectivity index (χ0n) is 9.86. The van der Waals surface area contributed by atoms with E-state index in [0.29, 0.717) is 0 Å². The molecule has 0 spiro atoms. The fourth-order valence-electron chi connectivity index (χ4n) is 2.34. The van der Waals surface area contributed by atoms with Gasteiger partial charge in [0.05, 0.1) is 5.56 Å². The monoisotopic (exact) mass is 235 g/mol. The number of hydrogen-bond acceptors (Lipinski definition) is 3. The summed E-state index contributed by atoms with van der Waals surface area (Å²) in [5.41, 5.74) is -0.0623. The SMILES string of the molecule is CC1(NC(=O)c2cccc(O)c2O)CCCC1. The van der Waals surface area contributed by atoms with Crippen molar-refractivity contribution in [2.24, 2.45) is 0 Å². The number of nitrogens with one attached hydrogen (secondary N) is 1. The molecular weight excluding hydrogens is 218 g/mol. The van der Waals surface area contributed by atoms with Gasteiger partial charge in [-0.25, -0.2) is 0 Å². The molecule has 0 unspecified atom stereocenters. The highest BCUT2D eigenvalue weighted by atomic mass is 16.3. The van der Waals surface area contributed by atoms with Gasteiger partial charge in [-0.3, -0.25) is 4.79 Å². The molecule has 0 atom stereocenters. The lowest BCUT2D eigenvalue weighted by Crippen LogP contribution is -2.43. The average Bonchev–Trinajstić information content (AvgIpc) is 2.68. The predicted octanol–water partition coefficient (Wildman–Crippen LogP) is 2.16. The first-order valence-corrected chi connectivity index (χ1v) is 5.85. The van der Waals surface area contributed by atoms with Gasteiger partial charge >= 0.3 is 0 Å². The van der Waals surface area contributed by atoms with E-state index in [9.17, 15) is 15.0 Å². The van der Waals surface area contributed by atoms with E-state index in [2.05, 4.69) is 5.32 Å². The topological polar surface area (TPSA) is 69.6 Å². The Morgan fingerprint density at radius 3 is 2.59 bits per heavy atom. The van der Waals surface area contributed by atoms with Crippen LogP contribution >= 0.6 is 0 Å². The van der Waals surface area contributed by atoms with Gasteiger partial charge in [0.1, 0.15) is 0 Å². The van der Waals surface area contributed by atoms with Crippen molar-refractivity contribution in [3.63, 3.8) is 0 Å². The van der Waals surface area contributed by atoms with Gasteiger partial charge in [0, 0.05) is 5.54 Å². The van der Waals surface area contributed by atoms with Crippen LogP contribution in [-0.4, -0.2) is 21.7 Å². The minimum atomic E-state index is -0.355.